The lowest BCUT2D eigenvalue weighted by atomic mass is 10.0. The molecule has 10 heteroatoms. The minimum atomic E-state index is -4.45. The summed E-state index contributed by atoms with van der Waals surface area (Å²) in [5, 5.41) is 10.9. The Kier molecular flexibility index (Phi) is 4.05. The van der Waals surface area contributed by atoms with Crippen LogP contribution in [0, 0.1) is 10.1 Å². The number of alkyl halides is 3. The lowest BCUT2D eigenvalue weighted by Crippen LogP contribution is -2.46. The number of carbonyl (C=O) groups is 1. The van der Waals surface area contributed by atoms with Gasteiger partial charge >= 0.3 is 6.18 Å². The summed E-state index contributed by atoms with van der Waals surface area (Å²) in [6.07, 6.45) is -4.10. The summed E-state index contributed by atoms with van der Waals surface area (Å²) in [5.41, 5.74) is -0.579. The number of hydrogen-bond acceptors (Lipinski definition) is 5. The van der Waals surface area contributed by atoms with E-state index in [2.05, 4.69) is 4.98 Å². The quantitative estimate of drug-likeness (QED) is 0.602. The van der Waals surface area contributed by atoms with Gasteiger partial charge in [-0.2, -0.15) is 13.2 Å². The molecule has 1 aromatic heterocycles. The first-order chi connectivity index (χ1) is 12.1. The van der Waals surface area contributed by atoms with E-state index < -0.39 is 28.7 Å². The van der Waals surface area contributed by atoms with Crippen molar-refractivity contribution >= 4 is 17.4 Å². The van der Waals surface area contributed by atoms with E-state index in [1.54, 1.807) is 11.9 Å². The highest BCUT2D eigenvalue weighted by molar-refractivity contribution is 6.01. The monoisotopic (exact) mass is 366 g/mol. The molecule has 1 aromatic carbocycles. The van der Waals surface area contributed by atoms with Gasteiger partial charge in [-0.1, -0.05) is 12.1 Å². The first-order valence-corrected chi connectivity index (χ1v) is 7.43. The second-order valence-electron chi connectivity index (χ2n) is 5.84. The molecule has 1 atom stereocenters. The van der Waals surface area contributed by atoms with Gasteiger partial charge in [-0.05, 0) is 17.7 Å². The van der Waals surface area contributed by atoms with Gasteiger partial charge in [-0.3, -0.25) is 14.9 Å². The highest BCUT2D eigenvalue weighted by atomic mass is 19.4. The second kappa shape index (κ2) is 5.97. The lowest BCUT2D eigenvalue weighted by molar-refractivity contribution is -0.385. The standard InChI is InChI=1S/C16H13F3N4O3/c1-21-13-12(7-11(8-20-13)23(25)26)15(24)22(2)14(21)9-3-5-10(6-4-9)16(17,18)19/h3-8,14H,1-2H3. The van der Waals surface area contributed by atoms with E-state index in [0.717, 1.165) is 24.4 Å². The van der Waals surface area contributed by atoms with Crippen LogP contribution in [-0.4, -0.2) is 34.8 Å². The molecular weight excluding hydrogens is 353 g/mol. The summed E-state index contributed by atoms with van der Waals surface area (Å²) in [6, 6.07) is 5.62. The molecule has 0 bridgehead atoms. The van der Waals surface area contributed by atoms with Crippen molar-refractivity contribution in [3.63, 3.8) is 0 Å². The van der Waals surface area contributed by atoms with Gasteiger partial charge in [0.1, 0.15) is 18.2 Å². The predicted molar refractivity (Wildman–Crippen MR) is 85.6 cm³/mol. The third-order valence-corrected chi connectivity index (χ3v) is 4.22. The van der Waals surface area contributed by atoms with Crippen molar-refractivity contribution < 1.29 is 22.9 Å². The van der Waals surface area contributed by atoms with Crippen LogP contribution >= 0.6 is 0 Å². The van der Waals surface area contributed by atoms with Crippen LogP contribution in [0.3, 0.4) is 0 Å². The third-order valence-electron chi connectivity index (χ3n) is 4.22. The van der Waals surface area contributed by atoms with Gasteiger partial charge < -0.3 is 9.80 Å². The third kappa shape index (κ3) is 2.83. The molecule has 1 amide bonds. The molecule has 0 saturated carbocycles. The number of benzene rings is 1. The molecule has 1 unspecified atom stereocenters. The highest BCUT2D eigenvalue weighted by Crippen LogP contribution is 2.37. The normalized spacial score (nSPS) is 17.3. The van der Waals surface area contributed by atoms with Gasteiger partial charge in [0.2, 0.25) is 0 Å². The van der Waals surface area contributed by atoms with Crippen LogP contribution in [0.2, 0.25) is 0 Å². The molecule has 0 saturated heterocycles. The number of halogens is 3. The molecule has 136 valence electrons. The minimum Gasteiger partial charge on any atom is -0.335 e. The van der Waals surface area contributed by atoms with Crippen molar-refractivity contribution in [2.24, 2.45) is 0 Å². The topological polar surface area (TPSA) is 79.6 Å². The highest BCUT2D eigenvalue weighted by Gasteiger charge is 2.37. The number of pyridine rings is 1. The molecule has 3 rings (SSSR count). The van der Waals surface area contributed by atoms with E-state index in [0.29, 0.717) is 5.56 Å². The molecule has 2 heterocycles. The largest absolute Gasteiger partial charge is 0.416 e. The molecule has 0 radical (unpaired) electrons. The second-order valence-corrected chi connectivity index (χ2v) is 5.84. The van der Waals surface area contributed by atoms with Crippen molar-refractivity contribution in [2.45, 2.75) is 12.3 Å². The number of nitro groups is 1. The maximum absolute atomic E-state index is 12.7. The van der Waals surface area contributed by atoms with Crippen molar-refractivity contribution in [1.29, 1.82) is 0 Å². The van der Waals surface area contributed by atoms with Crippen LogP contribution in [-0.2, 0) is 6.18 Å². The van der Waals surface area contributed by atoms with Crippen molar-refractivity contribution in [3.05, 3.63) is 63.3 Å². The van der Waals surface area contributed by atoms with Crippen LogP contribution in [0.5, 0.6) is 0 Å². The van der Waals surface area contributed by atoms with E-state index in [4.69, 9.17) is 0 Å². The minimum absolute atomic E-state index is 0.0624. The fraction of sp³-hybridized carbons (Fsp3) is 0.250. The van der Waals surface area contributed by atoms with E-state index in [-0.39, 0.29) is 17.1 Å². The van der Waals surface area contributed by atoms with Crippen LogP contribution in [0.15, 0.2) is 36.5 Å². The summed E-state index contributed by atoms with van der Waals surface area (Å²) in [5.74, 6) is -0.275. The Bertz CT molecular complexity index is 883. The number of nitrogens with zero attached hydrogens (tertiary/aromatic N) is 4. The van der Waals surface area contributed by atoms with Crippen LogP contribution in [0.25, 0.3) is 0 Å². The summed E-state index contributed by atoms with van der Waals surface area (Å²) < 4.78 is 38.2. The predicted octanol–water partition coefficient (Wildman–Crippen LogP) is 3.23. The summed E-state index contributed by atoms with van der Waals surface area (Å²) in [4.78, 5) is 29.7. The summed E-state index contributed by atoms with van der Waals surface area (Å²) in [7, 11) is 3.09. The van der Waals surface area contributed by atoms with Crippen LogP contribution < -0.4 is 4.90 Å². The van der Waals surface area contributed by atoms with Crippen molar-refractivity contribution in [3.8, 4) is 0 Å². The Labute approximate surface area is 145 Å². The zero-order valence-electron chi connectivity index (χ0n) is 13.7. The molecule has 0 N–H and O–H groups in total. The fourth-order valence-corrected chi connectivity index (χ4v) is 2.95. The molecule has 1 aliphatic rings. The fourth-order valence-electron chi connectivity index (χ4n) is 2.95. The van der Waals surface area contributed by atoms with Gasteiger partial charge in [-0.25, -0.2) is 4.98 Å². The number of hydrogen-bond donors (Lipinski definition) is 0. The average Bonchev–Trinajstić information content (AvgIpc) is 2.59. The van der Waals surface area contributed by atoms with E-state index in [9.17, 15) is 28.1 Å². The maximum Gasteiger partial charge on any atom is 0.416 e. The van der Waals surface area contributed by atoms with Crippen molar-refractivity contribution in [2.75, 3.05) is 19.0 Å². The Morgan fingerprint density at radius 3 is 2.31 bits per heavy atom. The Hall–Kier alpha value is -3.17. The van der Waals surface area contributed by atoms with Gasteiger partial charge in [0.05, 0.1) is 16.1 Å². The molecular formula is C16H13F3N4O3. The number of rotatable bonds is 2. The van der Waals surface area contributed by atoms with Gasteiger partial charge in [0.15, 0.2) is 0 Å². The lowest BCUT2D eigenvalue weighted by Gasteiger charge is -2.41. The molecule has 7 nitrogen and oxygen atoms in total. The van der Waals surface area contributed by atoms with E-state index in [1.165, 1.54) is 24.1 Å². The van der Waals surface area contributed by atoms with Crippen LogP contribution in [0.1, 0.15) is 27.7 Å². The molecule has 2 aromatic rings. The Morgan fingerprint density at radius 1 is 1.15 bits per heavy atom. The smallest absolute Gasteiger partial charge is 0.335 e. The van der Waals surface area contributed by atoms with E-state index in [1.807, 2.05) is 0 Å². The SMILES string of the molecule is CN1C(=O)c2cc([N+](=O)[O-])cnc2N(C)C1c1ccc(C(F)(F)F)cc1. The zero-order chi connectivity index (χ0) is 19.2. The number of carbonyl (C=O) groups excluding carboxylic acids is 1. The molecule has 1 aliphatic heterocycles. The summed E-state index contributed by atoms with van der Waals surface area (Å²) in [6.45, 7) is 0. The van der Waals surface area contributed by atoms with Gasteiger partial charge in [-0.15, -0.1) is 0 Å². The Morgan fingerprint density at radius 2 is 1.77 bits per heavy atom. The van der Waals surface area contributed by atoms with E-state index >= 15 is 0 Å². The first kappa shape index (κ1) is 17.6. The average molecular weight is 366 g/mol. The van der Waals surface area contributed by atoms with Gasteiger partial charge in [0, 0.05) is 20.2 Å². The maximum atomic E-state index is 12.7. The van der Waals surface area contributed by atoms with Gasteiger partial charge in [0.25, 0.3) is 11.6 Å². The zero-order valence-corrected chi connectivity index (χ0v) is 13.7. The number of aromatic nitrogens is 1. The number of anilines is 1. The van der Waals surface area contributed by atoms with Crippen LogP contribution in [0.4, 0.5) is 24.7 Å². The number of fused-ring (bicyclic) bond motifs is 1. The molecule has 26 heavy (non-hydrogen) atoms. The molecule has 0 spiro atoms. The molecule has 0 fully saturated rings. The first-order valence-electron chi connectivity index (χ1n) is 7.43. The van der Waals surface area contributed by atoms with Crippen molar-refractivity contribution in [1.82, 2.24) is 9.88 Å². The number of amides is 1. The summed E-state index contributed by atoms with van der Waals surface area (Å²) >= 11 is 0. The molecule has 0 aliphatic carbocycles. The Balaban J connectivity index is 2.03.